The number of nitrogens with one attached hydrogen (secondary N) is 1. The standard InChI is InChI=1S/C10H9F3N2O3/c11-4-1-6(13)8(2-5(4)12)15-10(18)7(14)3-9(16)17/h1-2,7H,3,14H2,(H,15,18)(H,16,17). The number of carbonyl (C=O) groups excluding carboxylic acids is 1. The average molecular weight is 262 g/mol. The average Bonchev–Trinajstić information content (AvgIpc) is 2.24. The summed E-state index contributed by atoms with van der Waals surface area (Å²) in [6.07, 6.45) is -0.670. The van der Waals surface area contributed by atoms with Crippen molar-refractivity contribution in [2.75, 3.05) is 5.32 Å². The molecule has 1 atom stereocenters. The Morgan fingerprint density at radius 3 is 2.33 bits per heavy atom. The lowest BCUT2D eigenvalue weighted by molar-refractivity contribution is -0.138. The number of benzene rings is 1. The Hall–Kier alpha value is -2.09. The topological polar surface area (TPSA) is 92.4 Å². The molecule has 1 amide bonds. The number of hydrogen-bond donors (Lipinski definition) is 3. The number of carboxylic acids is 1. The van der Waals surface area contributed by atoms with Gasteiger partial charge in [-0.25, -0.2) is 13.2 Å². The van der Waals surface area contributed by atoms with Crippen molar-refractivity contribution in [1.29, 1.82) is 0 Å². The number of rotatable bonds is 4. The highest BCUT2D eigenvalue weighted by atomic mass is 19.2. The van der Waals surface area contributed by atoms with Gasteiger partial charge in [0.25, 0.3) is 0 Å². The van der Waals surface area contributed by atoms with Gasteiger partial charge in [0.05, 0.1) is 18.2 Å². The Morgan fingerprint density at radius 2 is 1.78 bits per heavy atom. The van der Waals surface area contributed by atoms with Crippen LogP contribution >= 0.6 is 0 Å². The number of amides is 1. The van der Waals surface area contributed by atoms with Gasteiger partial charge >= 0.3 is 5.97 Å². The molecule has 98 valence electrons. The predicted octanol–water partition coefficient (Wildman–Crippen LogP) is 0.844. The molecule has 0 aliphatic rings. The van der Waals surface area contributed by atoms with E-state index in [9.17, 15) is 22.8 Å². The Balaban J connectivity index is 2.82. The van der Waals surface area contributed by atoms with E-state index in [2.05, 4.69) is 0 Å². The van der Waals surface area contributed by atoms with Crippen molar-refractivity contribution in [2.24, 2.45) is 5.73 Å². The number of carbonyl (C=O) groups is 2. The summed E-state index contributed by atoms with van der Waals surface area (Å²) in [5.41, 5.74) is 4.59. The van der Waals surface area contributed by atoms with Gasteiger partial charge in [0.2, 0.25) is 5.91 Å². The first-order valence-electron chi connectivity index (χ1n) is 4.74. The first kappa shape index (κ1) is 14.0. The Labute approximate surface area is 99.4 Å². The molecule has 0 radical (unpaired) electrons. The van der Waals surface area contributed by atoms with Crippen LogP contribution in [0.25, 0.3) is 0 Å². The number of hydrogen-bond acceptors (Lipinski definition) is 3. The summed E-state index contributed by atoms with van der Waals surface area (Å²) in [7, 11) is 0. The van der Waals surface area contributed by atoms with Gasteiger partial charge in [0, 0.05) is 12.1 Å². The SMILES string of the molecule is NC(CC(=O)O)C(=O)Nc1cc(F)c(F)cc1F. The molecule has 1 rings (SSSR count). The van der Waals surface area contributed by atoms with Gasteiger partial charge in [-0.3, -0.25) is 9.59 Å². The monoisotopic (exact) mass is 262 g/mol. The van der Waals surface area contributed by atoms with Crippen LogP contribution in [0.5, 0.6) is 0 Å². The van der Waals surface area contributed by atoms with Crippen LogP contribution in [0.3, 0.4) is 0 Å². The second-order valence-corrected chi connectivity index (χ2v) is 3.44. The lowest BCUT2D eigenvalue weighted by Gasteiger charge is -2.11. The smallest absolute Gasteiger partial charge is 0.305 e. The van der Waals surface area contributed by atoms with Crippen LogP contribution in [0.4, 0.5) is 18.9 Å². The Kier molecular flexibility index (Phi) is 4.27. The fourth-order valence-electron chi connectivity index (χ4n) is 1.12. The summed E-state index contributed by atoms with van der Waals surface area (Å²) in [6.45, 7) is 0. The van der Waals surface area contributed by atoms with Crippen LogP contribution in [0.1, 0.15) is 6.42 Å². The molecule has 0 bridgehead atoms. The fourth-order valence-corrected chi connectivity index (χ4v) is 1.12. The van der Waals surface area contributed by atoms with E-state index in [4.69, 9.17) is 10.8 Å². The molecule has 18 heavy (non-hydrogen) atoms. The van der Waals surface area contributed by atoms with E-state index >= 15 is 0 Å². The Bertz CT molecular complexity index is 494. The molecular formula is C10H9F3N2O3. The summed E-state index contributed by atoms with van der Waals surface area (Å²) in [6, 6.07) is -0.723. The lowest BCUT2D eigenvalue weighted by Crippen LogP contribution is -2.37. The van der Waals surface area contributed by atoms with Gasteiger partial charge in [0.1, 0.15) is 5.82 Å². The van der Waals surface area contributed by atoms with E-state index in [1.165, 1.54) is 0 Å². The summed E-state index contributed by atoms with van der Waals surface area (Å²) in [5.74, 6) is -6.27. The third-order valence-corrected chi connectivity index (χ3v) is 2.00. The second kappa shape index (κ2) is 5.50. The first-order valence-corrected chi connectivity index (χ1v) is 4.74. The first-order chi connectivity index (χ1) is 8.31. The molecule has 0 spiro atoms. The molecule has 4 N–H and O–H groups in total. The molecule has 0 aliphatic carbocycles. The summed E-state index contributed by atoms with van der Waals surface area (Å²) >= 11 is 0. The van der Waals surface area contributed by atoms with Crippen molar-refractivity contribution in [1.82, 2.24) is 0 Å². The van der Waals surface area contributed by atoms with Crippen LogP contribution in [0.15, 0.2) is 12.1 Å². The maximum Gasteiger partial charge on any atom is 0.305 e. The molecule has 8 heteroatoms. The molecule has 1 aromatic carbocycles. The van der Waals surface area contributed by atoms with E-state index in [0.29, 0.717) is 6.07 Å². The van der Waals surface area contributed by atoms with Gasteiger partial charge in [-0.2, -0.15) is 0 Å². The van der Waals surface area contributed by atoms with Gasteiger partial charge in [0.15, 0.2) is 11.6 Å². The van der Waals surface area contributed by atoms with Gasteiger partial charge < -0.3 is 16.2 Å². The van der Waals surface area contributed by atoms with Crippen LogP contribution in [0, 0.1) is 17.5 Å². The minimum Gasteiger partial charge on any atom is -0.481 e. The number of anilines is 1. The number of halogens is 3. The molecule has 0 fully saturated rings. The van der Waals surface area contributed by atoms with Crippen LogP contribution in [-0.4, -0.2) is 23.0 Å². The molecule has 1 aromatic rings. The van der Waals surface area contributed by atoms with Gasteiger partial charge in [-0.1, -0.05) is 0 Å². The fraction of sp³-hybridized carbons (Fsp3) is 0.200. The summed E-state index contributed by atoms with van der Waals surface area (Å²) in [4.78, 5) is 21.6. The molecule has 0 aromatic heterocycles. The zero-order chi connectivity index (χ0) is 13.9. The molecule has 0 heterocycles. The zero-order valence-electron chi connectivity index (χ0n) is 8.91. The number of carboxylic acid groups (broad SMARTS) is 1. The minimum atomic E-state index is -1.42. The molecule has 5 nitrogen and oxygen atoms in total. The third-order valence-electron chi connectivity index (χ3n) is 2.00. The maximum atomic E-state index is 13.1. The van der Waals surface area contributed by atoms with Crippen LogP contribution in [0.2, 0.25) is 0 Å². The highest BCUT2D eigenvalue weighted by Crippen LogP contribution is 2.18. The largest absolute Gasteiger partial charge is 0.481 e. The quantitative estimate of drug-likeness (QED) is 0.701. The highest BCUT2D eigenvalue weighted by Gasteiger charge is 2.19. The highest BCUT2D eigenvalue weighted by molar-refractivity contribution is 5.96. The lowest BCUT2D eigenvalue weighted by atomic mass is 10.2. The molecule has 1 unspecified atom stereocenters. The van der Waals surface area contributed by atoms with Crippen molar-refractivity contribution in [3.8, 4) is 0 Å². The minimum absolute atomic E-state index is 0.258. The Morgan fingerprint density at radius 1 is 1.22 bits per heavy atom. The van der Waals surface area contributed by atoms with Crippen LogP contribution in [-0.2, 0) is 9.59 Å². The van der Waals surface area contributed by atoms with Crippen molar-refractivity contribution in [3.63, 3.8) is 0 Å². The maximum absolute atomic E-state index is 13.1. The predicted molar refractivity (Wildman–Crippen MR) is 55.2 cm³/mol. The van der Waals surface area contributed by atoms with E-state index in [1.807, 2.05) is 5.32 Å². The van der Waals surface area contributed by atoms with E-state index < -0.39 is 47.5 Å². The normalized spacial score (nSPS) is 12.0. The summed E-state index contributed by atoms with van der Waals surface area (Å²) in [5, 5.41) is 10.3. The van der Waals surface area contributed by atoms with E-state index in [1.54, 1.807) is 0 Å². The van der Waals surface area contributed by atoms with Crippen molar-refractivity contribution in [2.45, 2.75) is 12.5 Å². The second-order valence-electron chi connectivity index (χ2n) is 3.44. The zero-order valence-corrected chi connectivity index (χ0v) is 8.91. The van der Waals surface area contributed by atoms with E-state index in [0.717, 1.165) is 0 Å². The van der Waals surface area contributed by atoms with Gasteiger partial charge in [-0.05, 0) is 0 Å². The van der Waals surface area contributed by atoms with Crippen molar-refractivity contribution >= 4 is 17.6 Å². The third kappa shape index (κ3) is 3.45. The van der Waals surface area contributed by atoms with Crippen LogP contribution < -0.4 is 11.1 Å². The molecule has 0 aliphatic heterocycles. The molecule has 0 saturated heterocycles. The molecular weight excluding hydrogens is 253 g/mol. The van der Waals surface area contributed by atoms with E-state index in [-0.39, 0.29) is 6.07 Å². The van der Waals surface area contributed by atoms with Crippen molar-refractivity contribution in [3.05, 3.63) is 29.6 Å². The number of nitrogens with two attached hydrogens (primary N) is 1. The van der Waals surface area contributed by atoms with Gasteiger partial charge in [-0.15, -0.1) is 0 Å². The summed E-state index contributed by atoms with van der Waals surface area (Å²) < 4.78 is 38.5. The van der Waals surface area contributed by atoms with Crippen molar-refractivity contribution < 1.29 is 27.9 Å². The molecule has 0 saturated carbocycles. The number of aliphatic carboxylic acids is 1.